The van der Waals surface area contributed by atoms with E-state index >= 15 is 0 Å². The Morgan fingerprint density at radius 3 is 2.80 bits per heavy atom. The molecule has 1 aromatic rings. The largest absolute Gasteiger partial charge is 0.298 e. The van der Waals surface area contributed by atoms with Crippen LogP contribution in [0.5, 0.6) is 0 Å². The minimum atomic E-state index is 0.703. The molecule has 0 unspecified atom stereocenters. The Morgan fingerprint density at radius 1 is 1.25 bits per heavy atom. The number of rotatable bonds is 1. The predicted molar refractivity (Wildman–Crippen MR) is 82.7 cm³/mol. The number of hydrogen-bond donors (Lipinski definition) is 0. The van der Waals surface area contributed by atoms with Crippen molar-refractivity contribution >= 4 is 33.7 Å². The molecule has 0 aromatic heterocycles. The highest BCUT2D eigenvalue weighted by atomic mass is 79.9. The van der Waals surface area contributed by atoms with Crippen molar-refractivity contribution in [1.82, 2.24) is 4.90 Å². The van der Waals surface area contributed by atoms with Gasteiger partial charge in [0.1, 0.15) is 0 Å². The molecule has 0 atom stereocenters. The van der Waals surface area contributed by atoms with Crippen LogP contribution in [0.15, 0.2) is 69.0 Å². The van der Waals surface area contributed by atoms with Gasteiger partial charge in [0, 0.05) is 28.5 Å². The molecule has 0 saturated heterocycles. The lowest BCUT2D eigenvalue weighted by Crippen LogP contribution is -2.29. The molecule has 2 heterocycles. The molecule has 20 heavy (non-hydrogen) atoms. The van der Waals surface area contributed by atoms with Gasteiger partial charge in [-0.25, -0.2) is 4.99 Å². The summed E-state index contributed by atoms with van der Waals surface area (Å²) in [5.41, 5.74) is 2.58. The second-order valence-electron chi connectivity index (χ2n) is 4.15. The average molecular weight is 325 g/mol. The quantitative estimate of drug-likeness (QED) is 0.743. The number of hydrogen-bond acceptors (Lipinski definition) is 4. The van der Waals surface area contributed by atoms with Gasteiger partial charge in [-0.15, -0.1) is 0 Å². The Morgan fingerprint density at radius 2 is 2.05 bits per heavy atom. The van der Waals surface area contributed by atoms with Crippen molar-refractivity contribution in [1.29, 1.82) is 5.26 Å². The van der Waals surface area contributed by atoms with Crippen LogP contribution in [0, 0.1) is 11.3 Å². The van der Waals surface area contributed by atoms with Gasteiger partial charge in [-0.2, -0.15) is 5.26 Å². The molecule has 5 heteroatoms. The van der Waals surface area contributed by atoms with E-state index in [1.165, 1.54) is 6.08 Å². The first-order chi connectivity index (χ1) is 9.78. The van der Waals surface area contributed by atoms with Crippen molar-refractivity contribution in [3.8, 4) is 6.07 Å². The summed E-state index contributed by atoms with van der Waals surface area (Å²) in [4.78, 5) is 10.5. The first-order valence-corrected chi connectivity index (χ1v) is 6.72. The molecular weight excluding hydrogens is 316 g/mol. The van der Waals surface area contributed by atoms with Crippen molar-refractivity contribution in [2.45, 2.75) is 0 Å². The lowest BCUT2D eigenvalue weighted by molar-refractivity contribution is 0.710. The van der Waals surface area contributed by atoms with E-state index < -0.39 is 0 Å². The Labute approximate surface area is 124 Å². The summed E-state index contributed by atoms with van der Waals surface area (Å²) in [5, 5.41) is 8.92. The highest BCUT2D eigenvalue weighted by Gasteiger charge is 2.19. The van der Waals surface area contributed by atoms with Crippen molar-refractivity contribution < 1.29 is 0 Å². The lowest BCUT2D eigenvalue weighted by Gasteiger charge is -2.26. The SMILES string of the molecule is N#C/C=C1\C=C(c2ccc(Br)cc2)N=C2C=NC=CN21. The summed E-state index contributed by atoms with van der Waals surface area (Å²) in [6, 6.07) is 9.95. The van der Waals surface area contributed by atoms with Gasteiger partial charge < -0.3 is 0 Å². The molecular formula is C15H9BrN4. The van der Waals surface area contributed by atoms with Crippen LogP contribution in [0.25, 0.3) is 5.70 Å². The maximum Gasteiger partial charge on any atom is 0.156 e. The number of amidine groups is 1. The number of aliphatic imine (C=N–C) groups is 2. The number of allylic oxidation sites excluding steroid dienone is 2. The molecule has 0 aliphatic carbocycles. The van der Waals surface area contributed by atoms with E-state index in [9.17, 15) is 0 Å². The van der Waals surface area contributed by atoms with Crippen LogP contribution in [0.4, 0.5) is 0 Å². The molecule has 3 rings (SSSR count). The number of nitrogens with zero attached hydrogens (tertiary/aromatic N) is 4. The van der Waals surface area contributed by atoms with E-state index in [-0.39, 0.29) is 0 Å². The molecule has 4 nitrogen and oxygen atoms in total. The van der Waals surface area contributed by atoms with Crippen LogP contribution in [0.1, 0.15) is 5.56 Å². The summed E-state index contributed by atoms with van der Waals surface area (Å²) in [5.74, 6) is 0.703. The molecule has 0 radical (unpaired) electrons. The van der Waals surface area contributed by atoms with Gasteiger partial charge in [0.25, 0.3) is 0 Å². The van der Waals surface area contributed by atoms with Gasteiger partial charge in [-0.3, -0.25) is 9.89 Å². The van der Waals surface area contributed by atoms with Crippen molar-refractivity contribution in [3.05, 3.63) is 64.6 Å². The summed E-state index contributed by atoms with van der Waals surface area (Å²) < 4.78 is 1.02. The highest BCUT2D eigenvalue weighted by molar-refractivity contribution is 9.10. The normalized spacial score (nSPS) is 18.4. The van der Waals surface area contributed by atoms with E-state index in [0.29, 0.717) is 5.84 Å². The Bertz CT molecular complexity index is 730. The van der Waals surface area contributed by atoms with E-state index in [0.717, 1.165) is 21.4 Å². The molecule has 0 saturated carbocycles. The maximum absolute atomic E-state index is 8.92. The maximum atomic E-state index is 8.92. The van der Waals surface area contributed by atoms with E-state index in [4.69, 9.17) is 5.26 Å². The second kappa shape index (κ2) is 5.27. The number of fused-ring (bicyclic) bond motifs is 1. The van der Waals surface area contributed by atoms with Gasteiger partial charge in [-0.05, 0) is 18.2 Å². The fraction of sp³-hybridized carbons (Fsp3) is 0. The summed E-state index contributed by atoms with van der Waals surface area (Å²) in [7, 11) is 0. The molecule has 0 amide bonds. The van der Waals surface area contributed by atoms with Crippen LogP contribution in [-0.4, -0.2) is 17.0 Å². The average Bonchev–Trinajstić information content (AvgIpc) is 2.48. The van der Waals surface area contributed by atoms with E-state index in [2.05, 4.69) is 32.0 Å². The summed E-state index contributed by atoms with van der Waals surface area (Å²) in [6.45, 7) is 0. The van der Waals surface area contributed by atoms with Gasteiger partial charge in [0.2, 0.25) is 0 Å². The molecule has 0 bridgehead atoms. The standard InChI is InChI=1S/C15H9BrN4/c16-12-3-1-11(2-4-12)14-9-13(5-6-17)20-8-7-18-10-15(20)19-14/h1-5,7-10H/b13-5+. The second-order valence-corrected chi connectivity index (χ2v) is 5.07. The Balaban J connectivity index is 2.08. The number of benzene rings is 1. The van der Waals surface area contributed by atoms with Crippen molar-refractivity contribution in [2.75, 3.05) is 0 Å². The van der Waals surface area contributed by atoms with Crippen LogP contribution >= 0.6 is 15.9 Å². The molecule has 0 N–H and O–H groups in total. The minimum Gasteiger partial charge on any atom is -0.298 e. The van der Waals surface area contributed by atoms with Gasteiger partial charge in [0.15, 0.2) is 5.84 Å². The fourth-order valence-electron chi connectivity index (χ4n) is 1.97. The van der Waals surface area contributed by atoms with Crippen LogP contribution in [-0.2, 0) is 0 Å². The minimum absolute atomic E-state index is 0.703. The highest BCUT2D eigenvalue weighted by Crippen LogP contribution is 2.27. The first-order valence-electron chi connectivity index (χ1n) is 5.93. The van der Waals surface area contributed by atoms with Crippen LogP contribution in [0.3, 0.4) is 0 Å². The molecule has 2 aliphatic heterocycles. The van der Waals surface area contributed by atoms with Gasteiger partial charge in [0.05, 0.1) is 23.7 Å². The van der Waals surface area contributed by atoms with Gasteiger partial charge >= 0.3 is 0 Å². The zero-order valence-corrected chi connectivity index (χ0v) is 11.9. The Hall–Kier alpha value is -2.45. The molecule has 1 aromatic carbocycles. The smallest absolute Gasteiger partial charge is 0.156 e. The molecule has 2 aliphatic rings. The van der Waals surface area contributed by atoms with Crippen LogP contribution in [0.2, 0.25) is 0 Å². The molecule has 0 spiro atoms. The third kappa shape index (κ3) is 2.33. The summed E-state index contributed by atoms with van der Waals surface area (Å²) in [6.07, 6.45) is 8.52. The number of nitriles is 1. The van der Waals surface area contributed by atoms with Crippen LogP contribution < -0.4 is 0 Å². The zero-order chi connectivity index (χ0) is 13.9. The third-order valence-corrected chi connectivity index (χ3v) is 3.42. The fourth-order valence-corrected chi connectivity index (χ4v) is 2.23. The lowest BCUT2D eigenvalue weighted by atomic mass is 10.1. The molecule has 0 fully saturated rings. The topological polar surface area (TPSA) is 51.8 Å². The summed E-state index contributed by atoms with van der Waals surface area (Å²) >= 11 is 3.41. The van der Waals surface area contributed by atoms with E-state index in [1.54, 1.807) is 18.6 Å². The predicted octanol–water partition coefficient (Wildman–Crippen LogP) is 3.47. The number of halogens is 1. The van der Waals surface area contributed by atoms with Crippen molar-refractivity contribution in [3.63, 3.8) is 0 Å². The Kier molecular flexibility index (Phi) is 3.32. The zero-order valence-electron chi connectivity index (χ0n) is 10.4. The van der Waals surface area contributed by atoms with Crippen molar-refractivity contribution in [2.24, 2.45) is 9.98 Å². The monoisotopic (exact) mass is 324 g/mol. The third-order valence-electron chi connectivity index (χ3n) is 2.89. The molecule has 96 valence electrons. The first kappa shape index (κ1) is 12.6. The van der Waals surface area contributed by atoms with E-state index in [1.807, 2.05) is 35.2 Å². The van der Waals surface area contributed by atoms with Gasteiger partial charge in [-0.1, -0.05) is 28.1 Å².